The zero-order chi connectivity index (χ0) is 17.8. The molecule has 6 nitrogen and oxygen atoms in total. The van der Waals surface area contributed by atoms with Gasteiger partial charge in [-0.2, -0.15) is 5.26 Å². The number of aromatic nitrogens is 1. The second-order valence-electron chi connectivity index (χ2n) is 5.59. The van der Waals surface area contributed by atoms with Gasteiger partial charge in [-0.1, -0.05) is 6.07 Å². The molecular weight excluding hydrogens is 323 g/mol. The van der Waals surface area contributed by atoms with E-state index < -0.39 is 5.82 Å². The van der Waals surface area contributed by atoms with Gasteiger partial charge in [-0.05, 0) is 24.3 Å². The number of hydrogen-bond donors (Lipinski definition) is 0. The summed E-state index contributed by atoms with van der Waals surface area (Å²) >= 11 is 0. The SMILES string of the molecule is COc1ncccc1C(=O)N1CCN(c2cccc(F)c2C#N)CC1. The van der Waals surface area contributed by atoms with E-state index in [1.165, 1.54) is 13.2 Å². The fourth-order valence-corrected chi connectivity index (χ4v) is 2.92. The van der Waals surface area contributed by atoms with Crippen LogP contribution >= 0.6 is 0 Å². The minimum Gasteiger partial charge on any atom is -0.480 e. The Morgan fingerprint density at radius 1 is 1.24 bits per heavy atom. The van der Waals surface area contributed by atoms with Crippen LogP contribution in [0.2, 0.25) is 0 Å². The number of methoxy groups -OCH3 is 1. The molecule has 1 amide bonds. The summed E-state index contributed by atoms with van der Waals surface area (Å²) in [4.78, 5) is 20.4. The number of amides is 1. The van der Waals surface area contributed by atoms with Gasteiger partial charge in [0.05, 0.1) is 12.8 Å². The number of nitrogens with zero attached hydrogens (tertiary/aromatic N) is 4. The van der Waals surface area contributed by atoms with Crippen LogP contribution < -0.4 is 9.64 Å². The number of pyridine rings is 1. The molecule has 2 aromatic rings. The molecule has 25 heavy (non-hydrogen) atoms. The van der Waals surface area contributed by atoms with E-state index in [0.29, 0.717) is 43.3 Å². The Morgan fingerprint density at radius 3 is 2.68 bits per heavy atom. The summed E-state index contributed by atoms with van der Waals surface area (Å²) in [5.74, 6) is -0.380. The molecule has 1 fully saturated rings. The Hall–Kier alpha value is -3.14. The van der Waals surface area contributed by atoms with Gasteiger partial charge < -0.3 is 14.5 Å². The standard InChI is InChI=1S/C18H17FN4O2/c1-25-17-13(4-3-7-21-17)18(24)23-10-8-22(9-11-23)16-6-2-5-15(19)14(16)12-20/h2-7H,8-11H2,1H3. The van der Waals surface area contributed by atoms with Crippen molar-refractivity contribution >= 4 is 11.6 Å². The van der Waals surface area contributed by atoms with Crippen molar-refractivity contribution in [1.29, 1.82) is 5.26 Å². The highest BCUT2D eigenvalue weighted by Crippen LogP contribution is 2.24. The lowest BCUT2D eigenvalue weighted by Crippen LogP contribution is -2.49. The fourth-order valence-electron chi connectivity index (χ4n) is 2.92. The van der Waals surface area contributed by atoms with Crippen molar-refractivity contribution in [2.75, 3.05) is 38.2 Å². The van der Waals surface area contributed by atoms with Gasteiger partial charge in [0.2, 0.25) is 5.88 Å². The normalized spacial score (nSPS) is 14.1. The number of hydrogen-bond acceptors (Lipinski definition) is 5. The van der Waals surface area contributed by atoms with Crippen molar-refractivity contribution < 1.29 is 13.9 Å². The quantitative estimate of drug-likeness (QED) is 0.855. The Kier molecular flexibility index (Phi) is 4.80. The molecule has 0 unspecified atom stereocenters. The maximum Gasteiger partial charge on any atom is 0.259 e. The van der Waals surface area contributed by atoms with Crippen molar-refractivity contribution in [3.05, 3.63) is 53.5 Å². The Balaban J connectivity index is 1.73. The predicted octanol–water partition coefficient (Wildman–Crippen LogP) is 2.06. The number of carbonyl (C=O) groups excluding carboxylic acids is 1. The number of anilines is 1. The molecule has 128 valence electrons. The molecule has 0 N–H and O–H groups in total. The molecule has 0 bridgehead atoms. The molecule has 2 heterocycles. The van der Waals surface area contributed by atoms with Crippen molar-refractivity contribution in [1.82, 2.24) is 9.88 Å². The molecule has 3 rings (SSSR count). The van der Waals surface area contributed by atoms with Crippen LogP contribution in [-0.2, 0) is 0 Å². The minimum absolute atomic E-state index is 0.0382. The summed E-state index contributed by atoms with van der Waals surface area (Å²) in [7, 11) is 1.48. The molecule has 1 aromatic carbocycles. The molecule has 0 saturated carbocycles. The van der Waals surface area contributed by atoms with Crippen LogP contribution in [0.25, 0.3) is 0 Å². The summed E-state index contributed by atoms with van der Waals surface area (Å²) in [5, 5.41) is 9.17. The molecular formula is C18H17FN4O2. The molecule has 1 aliphatic rings. The molecule has 1 aliphatic heterocycles. The third-order valence-corrected chi connectivity index (χ3v) is 4.21. The Bertz CT molecular complexity index is 826. The minimum atomic E-state index is -0.529. The largest absolute Gasteiger partial charge is 0.480 e. The Labute approximate surface area is 145 Å². The first-order valence-corrected chi connectivity index (χ1v) is 7.87. The van der Waals surface area contributed by atoms with Crippen LogP contribution in [0.15, 0.2) is 36.5 Å². The lowest BCUT2D eigenvalue weighted by Gasteiger charge is -2.36. The van der Waals surface area contributed by atoms with Gasteiger partial charge in [0.1, 0.15) is 23.0 Å². The molecule has 1 aromatic heterocycles. The smallest absolute Gasteiger partial charge is 0.259 e. The lowest BCUT2D eigenvalue weighted by molar-refractivity contribution is 0.0742. The molecule has 1 saturated heterocycles. The van der Waals surface area contributed by atoms with Crippen LogP contribution in [0.4, 0.5) is 10.1 Å². The summed E-state index contributed by atoms with van der Waals surface area (Å²) in [5.41, 5.74) is 1.02. The van der Waals surface area contributed by atoms with Gasteiger partial charge in [0.15, 0.2) is 0 Å². The molecule has 0 aliphatic carbocycles. The lowest BCUT2D eigenvalue weighted by atomic mass is 10.1. The summed E-state index contributed by atoms with van der Waals surface area (Å²) < 4.78 is 18.9. The van der Waals surface area contributed by atoms with Crippen LogP contribution in [0.1, 0.15) is 15.9 Å². The third-order valence-electron chi connectivity index (χ3n) is 4.21. The van der Waals surface area contributed by atoms with E-state index >= 15 is 0 Å². The van der Waals surface area contributed by atoms with Gasteiger partial charge in [-0.15, -0.1) is 0 Å². The zero-order valence-electron chi connectivity index (χ0n) is 13.8. The first-order chi connectivity index (χ1) is 12.2. The number of benzene rings is 1. The zero-order valence-corrected chi connectivity index (χ0v) is 13.8. The van der Waals surface area contributed by atoms with Crippen LogP contribution in [0, 0.1) is 17.1 Å². The van der Waals surface area contributed by atoms with Gasteiger partial charge in [0, 0.05) is 32.4 Å². The summed E-state index contributed by atoms with van der Waals surface area (Å²) in [6.07, 6.45) is 1.57. The highest BCUT2D eigenvalue weighted by Gasteiger charge is 2.26. The van der Waals surface area contributed by atoms with Crippen molar-refractivity contribution in [2.45, 2.75) is 0 Å². The number of rotatable bonds is 3. The first-order valence-electron chi connectivity index (χ1n) is 7.87. The van der Waals surface area contributed by atoms with Crippen molar-refractivity contribution in [3.8, 4) is 11.9 Å². The van der Waals surface area contributed by atoms with Crippen molar-refractivity contribution in [2.24, 2.45) is 0 Å². The average molecular weight is 340 g/mol. The number of piperazine rings is 1. The van der Waals surface area contributed by atoms with E-state index in [0.717, 1.165) is 0 Å². The number of ether oxygens (including phenoxy) is 1. The maximum absolute atomic E-state index is 13.8. The molecule has 7 heteroatoms. The van der Waals surface area contributed by atoms with Gasteiger partial charge in [-0.25, -0.2) is 9.37 Å². The monoisotopic (exact) mass is 340 g/mol. The average Bonchev–Trinajstić information content (AvgIpc) is 2.67. The molecule has 0 radical (unpaired) electrons. The van der Waals surface area contributed by atoms with Crippen LogP contribution in [0.3, 0.4) is 0 Å². The fraction of sp³-hybridized carbons (Fsp3) is 0.278. The van der Waals surface area contributed by atoms with Crippen LogP contribution in [0.5, 0.6) is 5.88 Å². The second kappa shape index (κ2) is 7.18. The van der Waals surface area contributed by atoms with Crippen molar-refractivity contribution in [3.63, 3.8) is 0 Å². The van der Waals surface area contributed by atoms with E-state index in [9.17, 15) is 14.4 Å². The van der Waals surface area contributed by atoms with E-state index in [-0.39, 0.29) is 11.5 Å². The summed E-state index contributed by atoms with van der Waals surface area (Å²) in [6, 6.07) is 9.87. The number of carbonyl (C=O) groups is 1. The highest BCUT2D eigenvalue weighted by molar-refractivity contribution is 5.96. The second-order valence-corrected chi connectivity index (χ2v) is 5.59. The molecule has 0 atom stereocenters. The number of nitriles is 1. The molecule has 0 spiro atoms. The first kappa shape index (κ1) is 16.7. The van der Waals surface area contributed by atoms with Gasteiger partial charge >= 0.3 is 0 Å². The topological polar surface area (TPSA) is 69.5 Å². The van der Waals surface area contributed by atoms with E-state index in [1.54, 1.807) is 35.4 Å². The maximum atomic E-state index is 13.8. The van der Waals surface area contributed by atoms with Gasteiger partial charge in [-0.3, -0.25) is 4.79 Å². The number of halogens is 1. The van der Waals surface area contributed by atoms with E-state index in [2.05, 4.69) is 4.98 Å². The van der Waals surface area contributed by atoms with E-state index in [4.69, 9.17) is 4.74 Å². The predicted molar refractivity (Wildman–Crippen MR) is 90.0 cm³/mol. The highest BCUT2D eigenvalue weighted by atomic mass is 19.1. The van der Waals surface area contributed by atoms with Gasteiger partial charge in [0.25, 0.3) is 5.91 Å². The third kappa shape index (κ3) is 3.24. The van der Waals surface area contributed by atoms with E-state index in [1.807, 2.05) is 11.0 Å². The Morgan fingerprint density at radius 2 is 2.00 bits per heavy atom. The summed E-state index contributed by atoms with van der Waals surface area (Å²) in [6.45, 7) is 1.98. The van der Waals surface area contributed by atoms with Crippen LogP contribution in [-0.4, -0.2) is 49.1 Å².